The molecule has 4 nitrogen and oxygen atoms in total. The predicted molar refractivity (Wildman–Crippen MR) is 110 cm³/mol. The Morgan fingerprint density at radius 2 is 1.70 bits per heavy atom. The van der Waals surface area contributed by atoms with Crippen molar-refractivity contribution < 1.29 is 4.79 Å². The zero-order chi connectivity index (χ0) is 19.2. The summed E-state index contributed by atoms with van der Waals surface area (Å²) >= 11 is 0. The minimum atomic E-state index is -0.0590. The van der Waals surface area contributed by atoms with E-state index < -0.39 is 0 Å². The van der Waals surface area contributed by atoms with Crippen LogP contribution < -0.4 is 5.32 Å². The molecule has 0 aliphatic heterocycles. The Kier molecular flexibility index (Phi) is 5.87. The first-order valence-electron chi connectivity index (χ1n) is 9.18. The average Bonchev–Trinajstić information content (AvgIpc) is 2.68. The highest BCUT2D eigenvalue weighted by atomic mass is 16.2. The first-order chi connectivity index (χ1) is 13.0. The minimum Gasteiger partial charge on any atom is -0.354 e. The third-order valence-electron chi connectivity index (χ3n) is 4.49. The fourth-order valence-electron chi connectivity index (χ4n) is 2.88. The fourth-order valence-corrected chi connectivity index (χ4v) is 2.88. The Labute approximate surface area is 160 Å². The van der Waals surface area contributed by atoms with Crippen molar-refractivity contribution in [3.05, 3.63) is 89.7 Å². The molecule has 1 amide bonds. The number of carbonyl (C=O) groups is 1. The fraction of sp³-hybridized carbons (Fsp3) is 0.217. The SMILES string of the molecule is Cc1ccccc1Nc1ccc(C(=O)N(Cc2ccccc2)C(C)C)nc1. The van der Waals surface area contributed by atoms with Gasteiger partial charge >= 0.3 is 0 Å². The molecule has 1 aromatic heterocycles. The number of amides is 1. The maximum atomic E-state index is 13.0. The molecule has 0 radical (unpaired) electrons. The van der Waals surface area contributed by atoms with Gasteiger partial charge in [-0.1, -0.05) is 48.5 Å². The van der Waals surface area contributed by atoms with Gasteiger partial charge < -0.3 is 10.2 Å². The van der Waals surface area contributed by atoms with Crippen molar-refractivity contribution >= 4 is 17.3 Å². The second kappa shape index (κ2) is 8.49. The molecule has 138 valence electrons. The van der Waals surface area contributed by atoms with Crippen LogP contribution in [-0.2, 0) is 6.54 Å². The van der Waals surface area contributed by atoms with Crippen LogP contribution in [0.4, 0.5) is 11.4 Å². The van der Waals surface area contributed by atoms with E-state index in [2.05, 4.69) is 23.3 Å². The van der Waals surface area contributed by atoms with E-state index >= 15 is 0 Å². The van der Waals surface area contributed by atoms with Crippen LogP contribution in [0.25, 0.3) is 0 Å². The molecule has 4 heteroatoms. The third kappa shape index (κ3) is 4.73. The maximum Gasteiger partial charge on any atom is 0.272 e. The molecule has 2 aromatic carbocycles. The van der Waals surface area contributed by atoms with Gasteiger partial charge in [0.1, 0.15) is 5.69 Å². The van der Waals surface area contributed by atoms with E-state index in [-0.39, 0.29) is 11.9 Å². The van der Waals surface area contributed by atoms with Crippen molar-refractivity contribution in [1.29, 1.82) is 0 Å². The molecule has 0 aliphatic rings. The first-order valence-corrected chi connectivity index (χ1v) is 9.18. The van der Waals surface area contributed by atoms with E-state index in [0.717, 1.165) is 22.5 Å². The molecule has 3 rings (SSSR count). The molecule has 0 atom stereocenters. The van der Waals surface area contributed by atoms with Crippen LogP contribution in [0.2, 0.25) is 0 Å². The van der Waals surface area contributed by atoms with Crippen molar-refractivity contribution in [2.24, 2.45) is 0 Å². The normalized spacial score (nSPS) is 10.7. The lowest BCUT2D eigenvalue weighted by molar-refractivity contribution is 0.0684. The average molecular weight is 359 g/mol. The number of para-hydroxylation sites is 1. The largest absolute Gasteiger partial charge is 0.354 e. The van der Waals surface area contributed by atoms with Gasteiger partial charge in [-0.15, -0.1) is 0 Å². The molecule has 0 spiro atoms. The van der Waals surface area contributed by atoms with E-state index in [9.17, 15) is 4.79 Å². The number of hydrogen-bond donors (Lipinski definition) is 1. The minimum absolute atomic E-state index is 0.0590. The Morgan fingerprint density at radius 1 is 1.00 bits per heavy atom. The molecule has 0 unspecified atom stereocenters. The van der Waals surface area contributed by atoms with E-state index in [1.54, 1.807) is 12.3 Å². The van der Waals surface area contributed by atoms with Gasteiger partial charge in [0.2, 0.25) is 0 Å². The zero-order valence-corrected chi connectivity index (χ0v) is 16.0. The van der Waals surface area contributed by atoms with Crippen LogP contribution in [0.1, 0.15) is 35.5 Å². The molecule has 0 bridgehead atoms. The topological polar surface area (TPSA) is 45.2 Å². The summed E-state index contributed by atoms with van der Waals surface area (Å²) in [6, 6.07) is 21.9. The van der Waals surface area contributed by atoms with Crippen molar-refractivity contribution in [1.82, 2.24) is 9.88 Å². The Balaban J connectivity index is 1.74. The number of anilines is 2. The van der Waals surface area contributed by atoms with Crippen molar-refractivity contribution in [2.75, 3.05) is 5.32 Å². The van der Waals surface area contributed by atoms with E-state index in [1.165, 1.54) is 0 Å². The van der Waals surface area contributed by atoms with Gasteiger partial charge in [0, 0.05) is 18.3 Å². The molecule has 0 fully saturated rings. The highest BCUT2D eigenvalue weighted by molar-refractivity contribution is 5.92. The summed E-state index contributed by atoms with van der Waals surface area (Å²) in [5.41, 5.74) is 4.62. The van der Waals surface area contributed by atoms with Crippen LogP contribution in [-0.4, -0.2) is 21.8 Å². The zero-order valence-electron chi connectivity index (χ0n) is 16.0. The van der Waals surface area contributed by atoms with Gasteiger partial charge in [-0.25, -0.2) is 4.98 Å². The van der Waals surface area contributed by atoms with Crippen LogP contribution in [0.15, 0.2) is 72.9 Å². The number of carbonyl (C=O) groups excluding carboxylic acids is 1. The standard InChI is InChI=1S/C23H25N3O/c1-17(2)26(16-19-10-5-4-6-11-19)23(27)22-14-13-20(15-24-22)25-21-12-8-7-9-18(21)3/h4-15,17,25H,16H2,1-3H3. The second-order valence-corrected chi connectivity index (χ2v) is 6.88. The highest BCUT2D eigenvalue weighted by Gasteiger charge is 2.20. The second-order valence-electron chi connectivity index (χ2n) is 6.88. The van der Waals surface area contributed by atoms with Gasteiger partial charge in [-0.3, -0.25) is 4.79 Å². The van der Waals surface area contributed by atoms with Gasteiger partial charge in [-0.05, 0) is 50.1 Å². The summed E-state index contributed by atoms with van der Waals surface area (Å²) < 4.78 is 0. The van der Waals surface area contributed by atoms with Gasteiger partial charge in [0.15, 0.2) is 0 Å². The molecule has 0 aliphatic carbocycles. The van der Waals surface area contributed by atoms with Crippen LogP contribution in [0.5, 0.6) is 0 Å². The lowest BCUT2D eigenvalue weighted by atomic mass is 10.1. The Hall–Kier alpha value is -3.14. The number of aryl methyl sites for hydroxylation is 1. The molecular weight excluding hydrogens is 334 g/mol. The number of rotatable bonds is 6. The number of benzene rings is 2. The molecule has 1 N–H and O–H groups in total. The highest BCUT2D eigenvalue weighted by Crippen LogP contribution is 2.20. The Morgan fingerprint density at radius 3 is 2.33 bits per heavy atom. The van der Waals surface area contributed by atoms with E-state index in [4.69, 9.17) is 0 Å². The quantitative estimate of drug-likeness (QED) is 0.659. The van der Waals surface area contributed by atoms with Crippen molar-refractivity contribution in [3.8, 4) is 0 Å². The molecule has 0 saturated heterocycles. The van der Waals surface area contributed by atoms with Gasteiger partial charge in [-0.2, -0.15) is 0 Å². The lowest BCUT2D eigenvalue weighted by Gasteiger charge is -2.26. The predicted octanol–water partition coefficient (Wildman–Crippen LogP) is 5.18. The molecular formula is C23H25N3O. The van der Waals surface area contributed by atoms with Gasteiger partial charge in [0.05, 0.1) is 11.9 Å². The van der Waals surface area contributed by atoms with Crippen LogP contribution in [0.3, 0.4) is 0 Å². The maximum absolute atomic E-state index is 13.0. The molecule has 1 heterocycles. The van der Waals surface area contributed by atoms with E-state index in [1.807, 2.05) is 73.3 Å². The molecule has 27 heavy (non-hydrogen) atoms. The summed E-state index contributed by atoms with van der Waals surface area (Å²) in [5, 5.41) is 3.34. The number of hydrogen-bond acceptors (Lipinski definition) is 3. The van der Waals surface area contributed by atoms with Crippen LogP contribution >= 0.6 is 0 Å². The number of nitrogens with zero attached hydrogens (tertiary/aromatic N) is 2. The summed E-state index contributed by atoms with van der Waals surface area (Å²) in [5.74, 6) is -0.0590. The molecule has 3 aromatic rings. The third-order valence-corrected chi connectivity index (χ3v) is 4.49. The Bertz CT molecular complexity index is 889. The monoisotopic (exact) mass is 359 g/mol. The summed E-state index contributed by atoms with van der Waals surface area (Å²) in [4.78, 5) is 19.2. The number of nitrogens with one attached hydrogen (secondary N) is 1. The first kappa shape index (κ1) is 18.6. The number of aromatic nitrogens is 1. The van der Waals surface area contributed by atoms with Crippen molar-refractivity contribution in [3.63, 3.8) is 0 Å². The van der Waals surface area contributed by atoms with Crippen molar-refractivity contribution in [2.45, 2.75) is 33.4 Å². The van der Waals surface area contributed by atoms with Gasteiger partial charge in [0.25, 0.3) is 5.91 Å². The summed E-state index contributed by atoms with van der Waals surface area (Å²) in [6.07, 6.45) is 1.71. The number of pyridine rings is 1. The summed E-state index contributed by atoms with van der Waals surface area (Å²) in [6.45, 7) is 6.67. The summed E-state index contributed by atoms with van der Waals surface area (Å²) in [7, 11) is 0. The lowest BCUT2D eigenvalue weighted by Crippen LogP contribution is -2.36. The van der Waals surface area contributed by atoms with E-state index in [0.29, 0.717) is 12.2 Å². The van der Waals surface area contributed by atoms with Crippen LogP contribution in [0, 0.1) is 6.92 Å². The smallest absolute Gasteiger partial charge is 0.272 e. The molecule has 0 saturated carbocycles.